The summed E-state index contributed by atoms with van der Waals surface area (Å²) >= 11 is 0. The average molecular weight is 352 g/mol. The van der Waals surface area contributed by atoms with Gasteiger partial charge in [-0.3, -0.25) is 4.79 Å². The van der Waals surface area contributed by atoms with E-state index in [4.69, 9.17) is 4.74 Å². The van der Waals surface area contributed by atoms with E-state index >= 15 is 0 Å². The number of aromatic nitrogens is 5. The van der Waals surface area contributed by atoms with E-state index in [0.29, 0.717) is 25.5 Å². The quantitative estimate of drug-likeness (QED) is 0.661. The number of benzene rings is 1. The normalized spacial score (nSPS) is 11.7. The summed E-state index contributed by atoms with van der Waals surface area (Å²) < 4.78 is 6.96. The van der Waals surface area contributed by atoms with Gasteiger partial charge < -0.3 is 10.1 Å². The van der Waals surface area contributed by atoms with Crippen LogP contribution in [-0.2, 0) is 17.8 Å². The molecule has 0 radical (unpaired) electrons. The Morgan fingerprint density at radius 3 is 2.81 bits per heavy atom. The van der Waals surface area contributed by atoms with E-state index in [-0.39, 0.29) is 5.91 Å². The SMILES string of the molecule is CCOc1ncccc1CNC(=O)C(Cc1ccccc1)n1cnnn1. The lowest BCUT2D eigenvalue weighted by atomic mass is 10.1. The van der Waals surface area contributed by atoms with Crippen molar-refractivity contribution in [1.82, 2.24) is 30.5 Å². The van der Waals surface area contributed by atoms with E-state index in [1.807, 2.05) is 49.4 Å². The van der Waals surface area contributed by atoms with E-state index < -0.39 is 6.04 Å². The van der Waals surface area contributed by atoms with Crippen LogP contribution in [0.1, 0.15) is 24.1 Å². The molecule has 0 aliphatic heterocycles. The summed E-state index contributed by atoms with van der Waals surface area (Å²) in [5.41, 5.74) is 1.84. The molecule has 1 atom stereocenters. The summed E-state index contributed by atoms with van der Waals surface area (Å²) in [6.07, 6.45) is 3.60. The van der Waals surface area contributed by atoms with E-state index in [0.717, 1.165) is 11.1 Å². The number of carbonyl (C=O) groups is 1. The fourth-order valence-corrected chi connectivity index (χ4v) is 2.58. The number of carbonyl (C=O) groups excluding carboxylic acids is 1. The molecule has 0 saturated carbocycles. The molecular formula is C18H20N6O2. The number of rotatable bonds is 8. The average Bonchev–Trinajstić information content (AvgIpc) is 3.21. The van der Waals surface area contributed by atoms with Crippen LogP contribution in [0.15, 0.2) is 55.0 Å². The Bertz CT molecular complexity index is 823. The lowest BCUT2D eigenvalue weighted by Crippen LogP contribution is -2.34. The molecule has 2 heterocycles. The van der Waals surface area contributed by atoms with Gasteiger partial charge >= 0.3 is 0 Å². The highest BCUT2D eigenvalue weighted by Crippen LogP contribution is 2.16. The van der Waals surface area contributed by atoms with Crippen LogP contribution in [-0.4, -0.2) is 37.7 Å². The number of nitrogens with zero attached hydrogens (tertiary/aromatic N) is 5. The van der Waals surface area contributed by atoms with Gasteiger partial charge in [0.2, 0.25) is 11.8 Å². The standard InChI is InChI=1S/C18H20N6O2/c1-2-26-18-15(9-6-10-19-18)12-20-17(25)16(24-13-21-22-23-24)11-14-7-4-3-5-8-14/h3-10,13,16H,2,11-12H2,1H3,(H,20,25). The first kappa shape index (κ1) is 17.5. The molecule has 8 nitrogen and oxygen atoms in total. The van der Waals surface area contributed by atoms with Gasteiger partial charge in [0.05, 0.1) is 6.61 Å². The number of ether oxygens (including phenoxy) is 1. The molecule has 0 bridgehead atoms. The fourth-order valence-electron chi connectivity index (χ4n) is 2.58. The fraction of sp³-hybridized carbons (Fsp3) is 0.278. The number of tetrazole rings is 1. The van der Waals surface area contributed by atoms with Crippen molar-refractivity contribution in [2.75, 3.05) is 6.61 Å². The predicted molar refractivity (Wildman–Crippen MR) is 94.3 cm³/mol. The lowest BCUT2D eigenvalue weighted by molar-refractivity contribution is -0.124. The third-order valence-corrected chi connectivity index (χ3v) is 3.84. The zero-order valence-corrected chi connectivity index (χ0v) is 14.4. The summed E-state index contributed by atoms with van der Waals surface area (Å²) in [7, 11) is 0. The van der Waals surface area contributed by atoms with Gasteiger partial charge in [-0.25, -0.2) is 9.67 Å². The van der Waals surface area contributed by atoms with Crippen LogP contribution >= 0.6 is 0 Å². The van der Waals surface area contributed by atoms with Gasteiger partial charge in [0.25, 0.3) is 0 Å². The Kier molecular flexibility index (Phi) is 5.87. The summed E-state index contributed by atoms with van der Waals surface area (Å²) in [5, 5.41) is 14.1. The molecule has 0 spiro atoms. The largest absolute Gasteiger partial charge is 0.478 e. The first-order valence-electron chi connectivity index (χ1n) is 8.38. The first-order chi connectivity index (χ1) is 12.8. The number of hydrogen-bond donors (Lipinski definition) is 1. The molecule has 134 valence electrons. The molecule has 3 aromatic rings. The van der Waals surface area contributed by atoms with Gasteiger partial charge in [-0.15, -0.1) is 5.10 Å². The Balaban J connectivity index is 1.72. The molecule has 1 aromatic carbocycles. The van der Waals surface area contributed by atoms with Crippen molar-refractivity contribution in [3.05, 3.63) is 66.1 Å². The Morgan fingerprint density at radius 2 is 2.08 bits per heavy atom. The van der Waals surface area contributed by atoms with Crippen molar-refractivity contribution >= 4 is 5.91 Å². The zero-order chi connectivity index (χ0) is 18.2. The van der Waals surface area contributed by atoms with Crippen LogP contribution in [0.4, 0.5) is 0 Å². The number of pyridine rings is 1. The van der Waals surface area contributed by atoms with Crippen LogP contribution in [0.5, 0.6) is 5.88 Å². The number of hydrogen-bond acceptors (Lipinski definition) is 6. The van der Waals surface area contributed by atoms with Crippen LogP contribution in [0, 0.1) is 0 Å². The zero-order valence-electron chi connectivity index (χ0n) is 14.4. The highest BCUT2D eigenvalue weighted by molar-refractivity contribution is 5.80. The van der Waals surface area contributed by atoms with Crippen LogP contribution < -0.4 is 10.1 Å². The van der Waals surface area contributed by atoms with E-state index in [1.54, 1.807) is 6.20 Å². The summed E-state index contributed by atoms with van der Waals surface area (Å²) in [6.45, 7) is 2.72. The molecule has 1 unspecified atom stereocenters. The van der Waals surface area contributed by atoms with Crippen molar-refractivity contribution < 1.29 is 9.53 Å². The van der Waals surface area contributed by atoms with Gasteiger partial charge in [0, 0.05) is 24.7 Å². The Labute approximate surface area is 151 Å². The molecule has 26 heavy (non-hydrogen) atoms. The molecular weight excluding hydrogens is 332 g/mol. The van der Waals surface area contributed by atoms with Crippen molar-refractivity contribution in [3.8, 4) is 5.88 Å². The molecule has 0 saturated heterocycles. The van der Waals surface area contributed by atoms with E-state index in [2.05, 4.69) is 25.8 Å². The van der Waals surface area contributed by atoms with Crippen LogP contribution in [0.3, 0.4) is 0 Å². The molecule has 0 aliphatic carbocycles. The number of nitrogens with one attached hydrogen (secondary N) is 1. The lowest BCUT2D eigenvalue weighted by Gasteiger charge is -2.17. The van der Waals surface area contributed by atoms with Gasteiger partial charge in [-0.1, -0.05) is 36.4 Å². The summed E-state index contributed by atoms with van der Waals surface area (Å²) in [5.74, 6) is 0.352. The third kappa shape index (κ3) is 4.41. The molecule has 3 rings (SSSR count). The second-order valence-corrected chi connectivity index (χ2v) is 5.61. The van der Waals surface area contributed by atoms with E-state index in [9.17, 15) is 4.79 Å². The molecule has 0 fully saturated rings. The van der Waals surface area contributed by atoms with Crippen molar-refractivity contribution in [1.29, 1.82) is 0 Å². The minimum absolute atomic E-state index is 0.174. The minimum Gasteiger partial charge on any atom is -0.478 e. The van der Waals surface area contributed by atoms with Crippen molar-refractivity contribution in [2.45, 2.75) is 25.9 Å². The third-order valence-electron chi connectivity index (χ3n) is 3.84. The summed E-state index contributed by atoms with van der Waals surface area (Å²) in [6, 6.07) is 12.9. The van der Waals surface area contributed by atoms with Gasteiger partial charge in [-0.2, -0.15) is 0 Å². The second-order valence-electron chi connectivity index (χ2n) is 5.61. The topological polar surface area (TPSA) is 94.8 Å². The monoisotopic (exact) mass is 352 g/mol. The second kappa shape index (κ2) is 8.70. The molecule has 8 heteroatoms. The number of amides is 1. The molecule has 1 amide bonds. The van der Waals surface area contributed by atoms with E-state index in [1.165, 1.54) is 11.0 Å². The maximum atomic E-state index is 12.8. The summed E-state index contributed by atoms with van der Waals surface area (Å²) in [4.78, 5) is 17.0. The molecule has 0 aliphatic rings. The van der Waals surface area contributed by atoms with Gasteiger partial charge in [0.1, 0.15) is 12.4 Å². The first-order valence-corrected chi connectivity index (χ1v) is 8.38. The minimum atomic E-state index is -0.542. The van der Waals surface area contributed by atoms with Crippen molar-refractivity contribution in [3.63, 3.8) is 0 Å². The highest BCUT2D eigenvalue weighted by Gasteiger charge is 2.22. The van der Waals surface area contributed by atoms with Gasteiger partial charge in [0.15, 0.2) is 0 Å². The smallest absolute Gasteiger partial charge is 0.245 e. The van der Waals surface area contributed by atoms with Crippen LogP contribution in [0.2, 0.25) is 0 Å². The Morgan fingerprint density at radius 1 is 1.23 bits per heavy atom. The molecule has 1 N–H and O–H groups in total. The van der Waals surface area contributed by atoms with Gasteiger partial charge in [-0.05, 0) is 29.0 Å². The van der Waals surface area contributed by atoms with Crippen molar-refractivity contribution in [2.24, 2.45) is 0 Å². The predicted octanol–water partition coefficient (Wildman–Crippen LogP) is 1.57. The highest BCUT2D eigenvalue weighted by atomic mass is 16.5. The Hall–Kier alpha value is -3.29. The maximum absolute atomic E-state index is 12.8. The van der Waals surface area contributed by atoms with Crippen LogP contribution in [0.25, 0.3) is 0 Å². The maximum Gasteiger partial charge on any atom is 0.245 e. The molecule has 2 aromatic heterocycles.